The highest BCUT2D eigenvalue weighted by Gasteiger charge is 2.21. The molecule has 0 bridgehead atoms. The molecular formula is C13H28N2O. The van der Waals surface area contributed by atoms with Crippen molar-refractivity contribution in [1.29, 1.82) is 0 Å². The molecule has 2 unspecified atom stereocenters. The highest BCUT2D eigenvalue weighted by Crippen LogP contribution is 2.15. The van der Waals surface area contributed by atoms with Crippen LogP contribution in [0.25, 0.3) is 0 Å². The summed E-state index contributed by atoms with van der Waals surface area (Å²) in [6.07, 6.45) is 5.54. The van der Waals surface area contributed by atoms with Gasteiger partial charge in [-0.05, 0) is 59.3 Å². The van der Waals surface area contributed by atoms with Crippen LogP contribution in [0.1, 0.15) is 39.0 Å². The average Bonchev–Trinajstić information content (AvgIpc) is 2.64. The van der Waals surface area contributed by atoms with E-state index in [9.17, 15) is 5.11 Å². The number of likely N-dealkylation sites (tertiary alicyclic amines) is 1. The lowest BCUT2D eigenvalue weighted by Crippen LogP contribution is -2.37. The van der Waals surface area contributed by atoms with E-state index in [0.717, 1.165) is 31.8 Å². The Labute approximate surface area is 100 Å². The van der Waals surface area contributed by atoms with Crippen LogP contribution in [0.5, 0.6) is 0 Å². The summed E-state index contributed by atoms with van der Waals surface area (Å²) in [5.74, 6) is 0. The Bertz CT molecular complexity index is 187. The van der Waals surface area contributed by atoms with Gasteiger partial charge >= 0.3 is 0 Å². The van der Waals surface area contributed by atoms with Gasteiger partial charge in [-0.25, -0.2) is 0 Å². The van der Waals surface area contributed by atoms with E-state index in [2.05, 4.69) is 23.9 Å². The molecule has 0 aromatic rings. The van der Waals surface area contributed by atoms with E-state index in [1.807, 2.05) is 6.92 Å². The standard InChI is InChI=1S/C13H28N2O/c1-4-13(16)8-6-9-14(2)11-12-7-5-10-15(12)3/h12-13,16H,4-11H2,1-3H3. The number of aliphatic hydroxyl groups is 1. The maximum Gasteiger partial charge on any atom is 0.0538 e. The van der Waals surface area contributed by atoms with Gasteiger partial charge in [0.2, 0.25) is 0 Å². The first-order valence-electron chi connectivity index (χ1n) is 6.70. The molecule has 1 saturated heterocycles. The minimum absolute atomic E-state index is 0.0949. The van der Waals surface area contributed by atoms with Crippen molar-refractivity contribution in [3.63, 3.8) is 0 Å². The van der Waals surface area contributed by atoms with Crippen LogP contribution in [-0.2, 0) is 0 Å². The molecule has 0 aromatic heterocycles. The normalized spacial score (nSPS) is 24.2. The third kappa shape index (κ3) is 4.81. The van der Waals surface area contributed by atoms with Gasteiger partial charge in [-0.15, -0.1) is 0 Å². The second-order valence-corrected chi connectivity index (χ2v) is 5.24. The first-order valence-corrected chi connectivity index (χ1v) is 6.70. The molecule has 0 aromatic carbocycles. The molecule has 0 saturated carbocycles. The molecule has 0 aliphatic carbocycles. The highest BCUT2D eigenvalue weighted by atomic mass is 16.3. The Morgan fingerprint density at radius 1 is 1.50 bits per heavy atom. The maximum absolute atomic E-state index is 9.47. The number of hydrogen-bond donors (Lipinski definition) is 1. The van der Waals surface area contributed by atoms with Crippen molar-refractivity contribution < 1.29 is 5.11 Å². The van der Waals surface area contributed by atoms with Crippen LogP contribution in [0.15, 0.2) is 0 Å². The predicted molar refractivity (Wildman–Crippen MR) is 68.7 cm³/mol. The molecule has 1 heterocycles. The third-order valence-electron chi connectivity index (χ3n) is 3.74. The van der Waals surface area contributed by atoms with Gasteiger partial charge in [-0.3, -0.25) is 0 Å². The molecule has 1 rings (SSSR count). The van der Waals surface area contributed by atoms with Crippen LogP contribution >= 0.6 is 0 Å². The largest absolute Gasteiger partial charge is 0.393 e. The zero-order valence-corrected chi connectivity index (χ0v) is 11.2. The van der Waals surface area contributed by atoms with E-state index in [0.29, 0.717) is 0 Å². The minimum Gasteiger partial charge on any atom is -0.393 e. The highest BCUT2D eigenvalue weighted by molar-refractivity contribution is 4.78. The quantitative estimate of drug-likeness (QED) is 0.716. The van der Waals surface area contributed by atoms with E-state index >= 15 is 0 Å². The van der Waals surface area contributed by atoms with Gasteiger partial charge in [-0.1, -0.05) is 6.92 Å². The number of hydrogen-bond acceptors (Lipinski definition) is 3. The first-order chi connectivity index (χ1) is 7.63. The maximum atomic E-state index is 9.47. The van der Waals surface area contributed by atoms with Gasteiger partial charge in [0.25, 0.3) is 0 Å². The topological polar surface area (TPSA) is 26.7 Å². The molecule has 1 fully saturated rings. The second-order valence-electron chi connectivity index (χ2n) is 5.24. The smallest absolute Gasteiger partial charge is 0.0538 e. The summed E-state index contributed by atoms with van der Waals surface area (Å²) in [5, 5.41) is 9.47. The molecule has 0 spiro atoms. The molecular weight excluding hydrogens is 200 g/mol. The Balaban J connectivity index is 2.08. The van der Waals surface area contributed by atoms with Crippen LogP contribution in [-0.4, -0.2) is 60.8 Å². The van der Waals surface area contributed by atoms with Crippen LogP contribution in [0.3, 0.4) is 0 Å². The molecule has 3 heteroatoms. The van der Waals surface area contributed by atoms with Crippen molar-refractivity contribution in [2.75, 3.05) is 33.7 Å². The van der Waals surface area contributed by atoms with Crippen molar-refractivity contribution in [3.8, 4) is 0 Å². The molecule has 1 aliphatic heterocycles. The Morgan fingerprint density at radius 3 is 2.81 bits per heavy atom. The molecule has 0 radical (unpaired) electrons. The lowest BCUT2D eigenvalue weighted by atomic mass is 10.1. The SMILES string of the molecule is CCC(O)CCCN(C)CC1CCCN1C. The number of nitrogens with zero attached hydrogens (tertiary/aromatic N) is 2. The Morgan fingerprint density at radius 2 is 2.25 bits per heavy atom. The van der Waals surface area contributed by atoms with Gasteiger partial charge in [-0.2, -0.15) is 0 Å². The van der Waals surface area contributed by atoms with Crippen molar-refractivity contribution in [3.05, 3.63) is 0 Å². The fourth-order valence-corrected chi connectivity index (χ4v) is 2.46. The van der Waals surface area contributed by atoms with Crippen LogP contribution < -0.4 is 0 Å². The third-order valence-corrected chi connectivity index (χ3v) is 3.74. The summed E-state index contributed by atoms with van der Waals surface area (Å²) in [5.41, 5.74) is 0. The Hall–Kier alpha value is -0.120. The van der Waals surface area contributed by atoms with E-state index < -0.39 is 0 Å². The van der Waals surface area contributed by atoms with Crippen molar-refractivity contribution in [2.45, 2.75) is 51.2 Å². The second kappa shape index (κ2) is 7.25. The van der Waals surface area contributed by atoms with Crippen LogP contribution in [0.4, 0.5) is 0 Å². The van der Waals surface area contributed by atoms with E-state index in [1.165, 1.54) is 25.9 Å². The summed E-state index contributed by atoms with van der Waals surface area (Å²) in [6.45, 7) is 5.59. The molecule has 3 nitrogen and oxygen atoms in total. The van der Waals surface area contributed by atoms with E-state index in [4.69, 9.17) is 0 Å². The summed E-state index contributed by atoms with van der Waals surface area (Å²) < 4.78 is 0. The lowest BCUT2D eigenvalue weighted by molar-refractivity contribution is 0.148. The molecule has 16 heavy (non-hydrogen) atoms. The Kier molecular flexibility index (Phi) is 6.32. The lowest BCUT2D eigenvalue weighted by Gasteiger charge is -2.25. The monoisotopic (exact) mass is 228 g/mol. The van der Waals surface area contributed by atoms with Gasteiger partial charge in [0.05, 0.1) is 6.10 Å². The zero-order valence-electron chi connectivity index (χ0n) is 11.2. The number of likely N-dealkylation sites (N-methyl/N-ethyl adjacent to an activating group) is 2. The number of rotatable bonds is 7. The van der Waals surface area contributed by atoms with Gasteiger partial charge in [0.15, 0.2) is 0 Å². The van der Waals surface area contributed by atoms with Crippen LogP contribution in [0.2, 0.25) is 0 Å². The molecule has 2 atom stereocenters. The van der Waals surface area contributed by atoms with E-state index in [1.54, 1.807) is 0 Å². The van der Waals surface area contributed by atoms with Gasteiger partial charge in [0.1, 0.15) is 0 Å². The summed E-state index contributed by atoms with van der Waals surface area (Å²) in [4.78, 5) is 4.88. The fraction of sp³-hybridized carbons (Fsp3) is 1.00. The molecule has 96 valence electrons. The van der Waals surface area contributed by atoms with Crippen LogP contribution in [0, 0.1) is 0 Å². The zero-order chi connectivity index (χ0) is 12.0. The summed E-state index contributed by atoms with van der Waals surface area (Å²) in [7, 11) is 4.43. The van der Waals surface area contributed by atoms with E-state index in [-0.39, 0.29) is 6.10 Å². The fourth-order valence-electron chi connectivity index (χ4n) is 2.46. The van der Waals surface area contributed by atoms with Crippen molar-refractivity contribution >= 4 is 0 Å². The minimum atomic E-state index is -0.0949. The average molecular weight is 228 g/mol. The molecule has 0 amide bonds. The van der Waals surface area contributed by atoms with Crippen molar-refractivity contribution in [2.24, 2.45) is 0 Å². The van der Waals surface area contributed by atoms with Gasteiger partial charge in [0, 0.05) is 12.6 Å². The summed E-state index contributed by atoms with van der Waals surface area (Å²) >= 11 is 0. The summed E-state index contributed by atoms with van der Waals surface area (Å²) in [6, 6.07) is 0.751. The predicted octanol–water partition coefficient (Wildman–Crippen LogP) is 1.56. The molecule has 1 aliphatic rings. The molecule has 1 N–H and O–H groups in total. The van der Waals surface area contributed by atoms with Gasteiger partial charge < -0.3 is 14.9 Å². The first kappa shape index (κ1) is 13.9. The number of aliphatic hydroxyl groups excluding tert-OH is 1. The van der Waals surface area contributed by atoms with Crippen molar-refractivity contribution in [1.82, 2.24) is 9.80 Å².